The Morgan fingerprint density at radius 2 is 2.00 bits per heavy atom. The van der Waals surface area contributed by atoms with Crippen LogP contribution in [0.15, 0.2) is 0 Å². The molecule has 82 valence electrons. The average molecular weight is 198 g/mol. The number of hydrogen-bond acceptors (Lipinski definition) is 2. The predicted molar refractivity (Wildman–Crippen MR) is 58.2 cm³/mol. The molecule has 0 heterocycles. The standard InChI is InChI=1S/C11H22N2O/c1-9(2)13(3)11(14)8-12-10-6-4-5-7-10/h9-10,12H,4-8H2,1-3H3. The van der Waals surface area contributed by atoms with Gasteiger partial charge in [0, 0.05) is 19.1 Å². The van der Waals surface area contributed by atoms with Crippen LogP contribution < -0.4 is 5.32 Å². The van der Waals surface area contributed by atoms with E-state index in [0.717, 1.165) is 0 Å². The van der Waals surface area contributed by atoms with Gasteiger partial charge in [0.25, 0.3) is 0 Å². The normalized spacial score (nSPS) is 17.7. The predicted octanol–water partition coefficient (Wildman–Crippen LogP) is 1.39. The molecular formula is C11H22N2O. The molecule has 0 bridgehead atoms. The van der Waals surface area contributed by atoms with Crippen molar-refractivity contribution in [1.82, 2.24) is 10.2 Å². The monoisotopic (exact) mass is 198 g/mol. The molecule has 0 unspecified atom stereocenters. The van der Waals surface area contributed by atoms with Crippen molar-refractivity contribution < 1.29 is 4.79 Å². The molecule has 0 aromatic rings. The van der Waals surface area contributed by atoms with Gasteiger partial charge in [0.2, 0.25) is 5.91 Å². The minimum Gasteiger partial charge on any atom is -0.342 e. The van der Waals surface area contributed by atoms with Gasteiger partial charge in [-0.2, -0.15) is 0 Å². The molecule has 0 aliphatic heterocycles. The fourth-order valence-electron chi connectivity index (χ4n) is 1.77. The number of amides is 1. The molecule has 1 aliphatic rings. The van der Waals surface area contributed by atoms with Crippen molar-refractivity contribution in [3.63, 3.8) is 0 Å². The summed E-state index contributed by atoms with van der Waals surface area (Å²) in [6, 6.07) is 0.882. The van der Waals surface area contributed by atoms with Crippen LogP contribution in [0.3, 0.4) is 0 Å². The molecule has 14 heavy (non-hydrogen) atoms. The van der Waals surface area contributed by atoms with E-state index in [4.69, 9.17) is 0 Å². The van der Waals surface area contributed by atoms with E-state index in [1.54, 1.807) is 4.90 Å². The maximum absolute atomic E-state index is 11.6. The fourth-order valence-corrected chi connectivity index (χ4v) is 1.77. The summed E-state index contributed by atoms with van der Waals surface area (Å²) < 4.78 is 0. The van der Waals surface area contributed by atoms with Gasteiger partial charge in [-0.15, -0.1) is 0 Å². The molecular weight excluding hydrogens is 176 g/mol. The molecule has 1 fully saturated rings. The van der Waals surface area contributed by atoms with Gasteiger partial charge in [0.15, 0.2) is 0 Å². The van der Waals surface area contributed by atoms with Crippen LogP contribution in [-0.2, 0) is 4.79 Å². The molecule has 1 aliphatic carbocycles. The van der Waals surface area contributed by atoms with Gasteiger partial charge < -0.3 is 10.2 Å². The summed E-state index contributed by atoms with van der Waals surface area (Å²) in [4.78, 5) is 13.4. The Bertz CT molecular complexity index is 186. The Morgan fingerprint density at radius 1 is 1.43 bits per heavy atom. The van der Waals surface area contributed by atoms with Crippen molar-refractivity contribution in [3.05, 3.63) is 0 Å². The van der Waals surface area contributed by atoms with Crippen LogP contribution in [0.4, 0.5) is 0 Å². The quantitative estimate of drug-likeness (QED) is 0.740. The highest BCUT2D eigenvalue weighted by atomic mass is 16.2. The number of rotatable bonds is 4. The Balaban J connectivity index is 2.19. The smallest absolute Gasteiger partial charge is 0.236 e. The topological polar surface area (TPSA) is 32.3 Å². The van der Waals surface area contributed by atoms with Crippen molar-refractivity contribution in [2.45, 2.75) is 51.6 Å². The number of likely N-dealkylation sites (N-methyl/N-ethyl adjacent to an activating group) is 1. The van der Waals surface area contributed by atoms with Crippen LogP contribution in [0.5, 0.6) is 0 Å². The first-order valence-corrected chi connectivity index (χ1v) is 5.60. The van der Waals surface area contributed by atoms with E-state index in [1.165, 1.54) is 25.7 Å². The number of nitrogens with zero attached hydrogens (tertiary/aromatic N) is 1. The minimum atomic E-state index is 0.201. The van der Waals surface area contributed by atoms with Crippen molar-refractivity contribution in [2.75, 3.05) is 13.6 Å². The third kappa shape index (κ3) is 3.29. The van der Waals surface area contributed by atoms with Crippen LogP contribution >= 0.6 is 0 Å². The average Bonchev–Trinajstić information content (AvgIpc) is 2.65. The van der Waals surface area contributed by atoms with Gasteiger partial charge in [-0.1, -0.05) is 12.8 Å². The zero-order valence-electron chi connectivity index (χ0n) is 9.55. The van der Waals surface area contributed by atoms with Gasteiger partial charge in [0.1, 0.15) is 0 Å². The van der Waals surface area contributed by atoms with E-state index in [9.17, 15) is 4.79 Å². The van der Waals surface area contributed by atoms with Gasteiger partial charge >= 0.3 is 0 Å². The highest BCUT2D eigenvalue weighted by Crippen LogP contribution is 2.17. The van der Waals surface area contributed by atoms with E-state index in [2.05, 4.69) is 5.32 Å². The van der Waals surface area contributed by atoms with Crippen LogP contribution in [0.1, 0.15) is 39.5 Å². The lowest BCUT2D eigenvalue weighted by atomic mass is 10.2. The third-order valence-electron chi connectivity index (χ3n) is 3.07. The summed E-state index contributed by atoms with van der Waals surface area (Å²) in [6.45, 7) is 4.57. The molecule has 3 nitrogen and oxygen atoms in total. The summed E-state index contributed by atoms with van der Waals surface area (Å²) in [6.07, 6.45) is 5.09. The van der Waals surface area contributed by atoms with E-state index in [0.29, 0.717) is 18.6 Å². The van der Waals surface area contributed by atoms with Gasteiger partial charge in [-0.3, -0.25) is 4.79 Å². The number of nitrogens with one attached hydrogen (secondary N) is 1. The summed E-state index contributed by atoms with van der Waals surface area (Å²) in [5, 5.41) is 3.33. The summed E-state index contributed by atoms with van der Waals surface area (Å²) in [5.74, 6) is 0.201. The van der Waals surface area contributed by atoms with E-state index in [-0.39, 0.29) is 5.91 Å². The van der Waals surface area contributed by atoms with Crippen molar-refractivity contribution in [2.24, 2.45) is 0 Å². The van der Waals surface area contributed by atoms with Gasteiger partial charge in [-0.25, -0.2) is 0 Å². The van der Waals surface area contributed by atoms with Crippen molar-refractivity contribution >= 4 is 5.91 Å². The summed E-state index contributed by atoms with van der Waals surface area (Å²) in [5.41, 5.74) is 0. The first kappa shape index (κ1) is 11.5. The number of carbonyl (C=O) groups excluding carboxylic acids is 1. The highest BCUT2D eigenvalue weighted by molar-refractivity contribution is 5.78. The van der Waals surface area contributed by atoms with Crippen molar-refractivity contribution in [3.8, 4) is 0 Å². The Morgan fingerprint density at radius 3 is 2.50 bits per heavy atom. The Labute approximate surface area is 86.9 Å². The second-order valence-electron chi connectivity index (χ2n) is 4.46. The Hall–Kier alpha value is -0.570. The van der Waals surface area contributed by atoms with Gasteiger partial charge in [0.05, 0.1) is 6.54 Å². The summed E-state index contributed by atoms with van der Waals surface area (Å²) in [7, 11) is 1.86. The molecule has 0 radical (unpaired) electrons. The lowest BCUT2D eigenvalue weighted by Crippen LogP contribution is -2.41. The first-order valence-electron chi connectivity index (χ1n) is 5.60. The molecule has 1 saturated carbocycles. The third-order valence-corrected chi connectivity index (χ3v) is 3.07. The van der Waals surface area contributed by atoms with Crippen LogP contribution in [0, 0.1) is 0 Å². The largest absolute Gasteiger partial charge is 0.342 e. The fraction of sp³-hybridized carbons (Fsp3) is 0.909. The number of hydrogen-bond donors (Lipinski definition) is 1. The van der Waals surface area contributed by atoms with Crippen LogP contribution in [0.2, 0.25) is 0 Å². The lowest BCUT2D eigenvalue weighted by molar-refractivity contribution is -0.130. The Kier molecular flexibility index (Phi) is 4.39. The molecule has 1 amide bonds. The molecule has 0 aromatic heterocycles. The minimum absolute atomic E-state index is 0.201. The first-order chi connectivity index (χ1) is 6.61. The molecule has 1 rings (SSSR count). The van der Waals surface area contributed by atoms with Crippen LogP contribution in [0.25, 0.3) is 0 Å². The highest BCUT2D eigenvalue weighted by Gasteiger charge is 2.17. The van der Waals surface area contributed by atoms with E-state index < -0.39 is 0 Å². The molecule has 0 aromatic carbocycles. The van der Waals surface area contributed by atoms with Crippen molar-refractivity contribution in [1.29, 1.82) is 0 Å². The zero-order valence-corrected chi connectivity index (χ0v) is 9.55. The lowest BCUT2D eigenvalue weighted by Gasteiger charge is -2.22. The zero-order chi connectivity index (χ0) is 10.6. The second-order valence-corrected chi connectivity index (χ2v) is 4.46. The van der Waals surface area contributed by atoms with E-state index >= 15 is 0 Å². The molecule has 3 heteroatoms. The summed E-state index contributed by atoms with van der Waals surface area (Å²) >= 11 is 0. The maximum Gasteiger partial charge on any atom is 0.236 e. The SMILES string of the molecule is CC(C)N(C)C(=O)CNC1CCCC1. The van der Waals surface area contributed by atoms with Gasteiger partial charge in [-0.05, 0) is 26.7 Å². The molecule has 1 N–H and O–H groups in total. The molecule has 0 saturated heterocycles. The second kappa shape index (κ2) is 5.35. The molecule has 0 spiro atoms. The van der Waals surface area contributed by atoms with E-state index in [1.807, 2.05) is 20.9 Å². The molecule has 0 atom stereocenters. The maximum atomic E-state index is 11.6. The van der Waals surface area contributed by atoms with Crippen LogP contribution in [-0.4, -0.2) is 36.5 Å². The number of carbonyl (C=O) groups is 1.